The normalized spacial score (nSPS) is 11.4. The van der Waals surface area contributed by atoms with E-state index in [1.807, 2.05) is 73.7 Å². The first-order valence-corrected chi connectivity index (χ1v) is 14.4. The van der Waals surface area contributed by atoms with Crippen LogP contribution in [0.4, 0.5) is 13.2 Å². The summed E-state index contributed by atoms with van der Waals surface area (Å²) in [5.41, 5.74) is 11.0. The summed E-state index contributed by atoms with van der Waals surface area (Å²) < 4.78 is 38.9. The summed E-state index contributed by atoms with van der Waals surface area (Å²) in [7, 11) is 0. The van der Waals surface area contributed by atoms with Crippen molar-refractivity contribution in [2.75, 3.05) is 0 Å². The average Bonchev–Trinajstić information content (AvgIpc) is 3.04. The van der Waals surface area contributed by atoms with E-state index in [2.05, 4.69) is 55.5 Å². The third kappa shape index (κ3) is 5.97. The maximum Gasteiger partial charge on any atom is 0.416 e. The summed E-state index contributed by atoms with van der Waals surface area (Å²) in [5.74, 6) is 0.0120. The van der Waals surface area contributed by atoms with Crippen LogP contribution in [0.2, 0.25) is 0 Å². The average molecular weight is 583 g/mol. The summed E-state index contributed by atoms with van der Waals surface area (Å²) in [4.78, 5) is 12.8. The Kier molecular flexibility index (Phi) is 7.75. The van der Waals surface area contributed by atoms with Gasteiger partial charge in [-0.15, -0.1) is 0 Å². The molecule has 6 aromatic carbocycles. The molecule has 0 atom stereocenters. The Morgan fingerprint density at radius 1 is 0.455 bits per heavy atom. The molecule has 0 saturated carbocycles. The third-order valence-corrected chi connectivity index (χ3v) is 8.02. The smallest absolute Gasteiger partial charge is 0.289 e. The van der Waals surface area contributed by atoms with Gasteiger partial charge in [0.2, 0.25) is 0 Å². The first-order valence-electron chi connectivity index (χ1n) is 14.4. The molecule has 44 heavy (non-hydrogen) atoms. The number of halogens is 3. The van der Waals surface area contributed by atoms with Crippen LogP contribution in [0.1, 0.15) is 32.6 Å². The van der Waals surface area contributed by atoms with Crippen LogP contribution in [0.25, 0.3) is 44.5 Å². The highest BCUT2D eigenvalue weighted by atomic mass is 19.4. The van der Waals surface area contributed by atoms with Crippen molar-refractivity contribution in [1.29, 1.82) is 0 Å². The molecule has 0 spiro atoms. The monoisotopic (exact) mass is 582 g/mol. The molecule has 0 amide bonds. The molecular formula is C40H29F3O. The molecule has 0 aliphatic heterocycles. The number of alkyl halides is 3. The SMILES string of the molecule is Cc1cc(-c2ccc(-c3ccc(-c4ccc(C(F)(F)F)cc4)c(C)c3)cc2)ccc1-c1ccc(C(=O)c2ccccc2)cc1. The van der Waals surface area contributed by atoms with E-state index < -0.39 is 11.7 Å². The molecule has 0 N–H and O–H groups in total. The fraction of sp³-hybridized carbons (Fsp3) is 0.0750. The summed E-state index contributed by atoms with van der Waals surface area (Å²) in [6.07, 6.45) is -4.35. The Morgan fingerprint density at radius 3 is 1.27 bits per heavy atom. The zero-order valence-corrected chi connectivity index (χ0v) is 24.3. The molecule has 0 heterocycles. The van der Waals surface area contributed by atoms with Crippen molar-refractivity contribution < 1.29 is 18.0 Å². The number of carbonyl (C=O) groups excluding carboxylic acids is 1. The second kappa shape index (κ2) is 11.8. The van der Waals surface area contributed by atoms with Crippen molar-refractivity contribution in [1.82, 2.24) is 0 Å². The number of hydrogen-bond acceptors (Lipinski definition) is 1. The van der Waals surface area contributed by atoms with Crippen LogP contribution >= 0.6 is 0 Å². The molecule has 0 radical (unpaired) electrons. The first-order chi connectivity index (χ1) is 21.2. The fourth-order valence-corrected chi connectivity index (χ4v) is 5.59. The van der Waals surface area contributed by atoms with Crippen LogP contribution in [-0.2, 0) is 6.18 Å². The van der Waals surface area contributed by atoms with Crippen molar-refractivity contribution >= 4 is 5.78 Å². The van der Waals surface area contributed by atoms with Crippen molar-refractivity contribution in [2.24, 2.45) is 0 Å². The highest BCUT2D eigenvalue weighted by Gasteiger charge is 2.30. The summed E-state index contributed by atoms with van der Waals surface area (Å²) in [5, 5.41) is 0. The molecule has 6 aromatic rings. The Morgan fingerprint density at radius 2 is 0.841 bits per heavy atom. The first kappa shape index (κ1) is 28.9. The molecule has 0 aliphatic rings. The molecule has 0 unspecified atom stereocenters. The largest absolute Gasteiger partial charge is 0.416 e. The molecular weight excluding hydrogens is 553 g/mol. The lowest BCUT2D eigenvalue weighted by Crippen LogP contribution is -2.04. The van der Waals surface area contributed by atoms with Crippen LogP contribution in [0.3, 0.4) is 0 Å². The number of ketones is 1. The van der Waals surface area contributed by atoms with E-state index in [-0.39, 0.29) is 5.78 Å². The number of rotatable bonds is 6. The van der Waals surface area contributed by atoms with Gasteiger partial charge in [0.15, 0.2) is 5.78 Å². The highest BCUT2D eigenvalue weighted by molar-refractivity contribution is 6.09. The lowest BCUT2D eigenvalue weighted by molar-refractivity contribution is -0.137. The van der Waals surface area contributed by atoms with E-state index in [9.17, 15) is 18.0 Å². The van der Waals surface area contributed by atoms with Crippen LogP contribution in [-0.4, -0.2) is 5.78 Å². The van der Waals surface area contributed by atoms with Crippen molar-refractivity contribution in [3.63, 3.8) is 0 Å². The van der Waals surface area contributed by atoms with E-state index in [0.717, 1.165) is 67.8 Å². The van der Waals surface area contributed by atoms with Crippen molar-refractivity contribution in [3.8, 4) is 44.5 Å². The fourth-order valence-electron chi connectivity index (χ4n) is 5.59. The molecule has 216 valence electrons. The second-order valence-corrected chi connectivity index (χ2v) is 11.0. The van der Waals surface area contributed by atoms with Crippen LogP contribution in [0, 0.1) is 13.8 Å². The van der Waals surface area contributed by atoms with Crippen LogP contribution in [0.5, 0.6) is 0 Å². The van der Waals surface area contributed by atoms with Gasteiger partial charge < -0.3 is 0 Å². The third-order valence-electron chi connectivity index (χ3n) is 8.02. The van der Waals surface area contributed by atoms with Gasteiger partial charge in [0, 0.05) is 11.1 Å². The van der Waals surface area contributed by atoms with Crippen molar-refractivity contribution in [2.45, 2.75) is 20.0 Å². The standard InChI is InChI=1S/C40H29F3O/c1-26-24-34(18-22-37(26)30-12-14-33(15-13-30)39(44)32-6-4-3-5-7-32)28-8-10-29(11-9-28)35-19-23-38(27(2)25-35)31-16-20-36(21-17-31)40(41,42)43/h3-25H,1-2H3. The van der Waals surface area contributed by atoms with E-state index in [0.29, 0.717) is 11.1 Å². The quantitative estimate of drug-likeness (QED) is 0.179. The Bertz CT molecular complexity index is 1940. The Hall–Kier alpha value is -5.22. The number of carbonyl (C=O) groups is 1. The van der Waals surface area contributed by atoms with E-state index >= 15 is 0 Å². The summed E-state index contributed by atoms with van der Waals surface area (Å²) in [6, 6.07) is 43.2. The van der Waals surface area contributed by atoms with E-state index in [1.165, 1.54) is 12.1 Å². The maximum atomic E-state index is 13.0. The summed E-state index contributed by atoms with van der Waals surface area (Å²) >= 11 is 0. The van der Waals surface area contributed by atoms with Gasteiger partial charge in [-0.05, 0) is 81.6 Å². The molecule has 6 rings (SSSR count). The second-order valence-electron chi connectivity index (χ2n) is 11.0. The molecule has 0 fully saturated rings. The molecule has 4 heteroatoms. The van der Waals surface area contributed by atoms with Gasteiger partial charge in [-0.25, -0.2) is 0 Å². The van der Waals surface area contributed by atoms with Crippen LogP contribution < -0.4 is 0 Å². The van der Waals surface area contributed by atoms with Gasteiger partial charge >= 0.3 is 6.18 Å². The molecule has 1 nitrogen and oxygen atoms in total. The zero-order chi connectivity index (χ0) is 30.8. The highest BCUT2D eigenvalue weighted by Crippen LogP contribution is 2.34. The molecule has 0 bridgehead atoms. The predicted octanol–water partition coefficient (Wildman–Crippen LogP) is 11.2. The minimum Gasteiger partial charge on any atom is -0.289 e. The molecule has 0 aliphatic carbocycles. The topological polar surface area (TPSA) is 17.1 Å². The minimum absolute atomic E-state index is 0.0120. The summed E-state index contributed by atoms with van der Waals surface area (Å²) in [6.45, 7) is 4.07. The predicted molar refractivity (Wildman–Crippen MR) is 173 cm³/mol. The van der Waals surface area contributed by atoms with Crippen LogP contribution in [0.15, 0.2) is 140 Å². The van der Waals surface area contributed by atoms with Gasteiger partial charge in [-0.1, -0.05) is 127 Å². The van der Waals surface area contributed by atoms with Gasteiger partial charge in [-0.3, -0.25) is 4.79 Å². The number of benzene rings is 6. The number of hydrogen-bond donors (Lipinski definition) is 0. The van der Waals surface area contributed by atoms with Crippen molar-refractivity contribution in [3.05, 3.63) is 167 Å². The number of aryl methyl sites for hydroxylation is 2. The molecule has 0 aromatic heterocycles. The van der Waals surface area contributed by atoms with Gasteiger partial charge in [0.1, 0.15) is 0 Å². The Balaban J connectivity index is 1.18. The van der Waals surface area contributed by atoms with Gasteiger partial charge in [-0.2, -0.15) is 13.2 Å². The maximum absolute atomic E-state index is 13.0. The van der Waals surface area contributed by atoms with E-state index in [1.54, 1.807) is 0 Å². The van der Waals surface area contributed by atoms with Gasteiger partial charge in [0.25, 0.3) is 0 Å². The lowest BCUT2D eigenvalue weighted by atomic mass is 9.93. The zero-order valence-electron chi connectivity index (χ0n) is 24.3. The minimum atomic E-state index is -4.35. The van der Waals surface area contributed by atoms with Gasteiger partial charge in [0.05, 0.1) is 5.56 Å². The molecule has 0 saturated heterocycles. The van der Waals surface area contributed by atoms with E-state index in [4.69, 9.17) is 0 Å². The Labute approximate surface area is 255 Å². The lowest BCUT2D eigenvalue weighted by Gasteiger charge is -2.12.